The molecule has 2 heterocycles. The second kappa shape index (κ2) is 5.68. The summed E-state index contributed by atoms with van der Waals surface area (Å²) in [7, 11) is 1.63. The molecule has 1 aromatic carbocycles. The van der Waals surface area contributed by atoms with E-state index in [1.54, 1.807) is 24.9 Å². The first kappa shape index (κ1) is 13.2. The Bertz CT molecular complexity index is 621. The number of nitrogens with two attached hydrogens (primary N) is 1. The molecule has 1 aliphatic rings. The van der Waals surface area contributed by atoms with E-state index in [-0.39, 0.29) is 6.10 Å². The second-order valence-corrected chi connectivity index (χ2v) is 5.50. The molecular formula is C14H15N3O2S. The van der Waals surface area contributed by atoms with Crippen LogP contribution in [0.1, 0.15) is 17.6 Å². The van der Waals surface area contributed by atoms with Crippen LogP contribution in [0.25, 0.3) is 0 Å². The van der Waals surface area contributed by atoms with E-state index < -0.39 is 0 Å². The number of aromatic nitrogens is 2. The monoisotopic (exact) mass is 289 g/mol. The Kier molecular flexibility index (Phi) is 3.75. The maximum absolute atomic E-state index is 5.96. The third kappa shape index (κ3) is 2.71. The lowest BCUT2D eigenvalue weighted by atomic mass is 10.3. The van der Waals surface area contributed by atoms with Crippen molar-refractivity contribution in [1.82, 2.24) is 9.97 Å². The molecule has 0 aliphatic carbocycles. The van der Waals surface area contributed by atoms with E-state index in [0.29, 0.717) is 18.2 Å². The molecule has 2 aromatic rings. The number of para-hydroxylation sites is 1. The van der Waals surface area contributed by atoms with Crippen molar-refractivity contribution in [3.8, 4) is 5.75 Å². The summed E-state index contributed by atoms with van der Waals surface area (Å²) in [6.45, 7) is 0.413. The van der Waals surface area contributed by atoms with Gasteiger partial charge >= 0.3 is 0 Å². The van der Waals surface area contributed by atoms with E-state index in [2.05, 4.69) is 9.97 Å². The Morgan fingerprint density at radius 3 is 3.10 bits per heavy atom. The molecule has 0 saturated carbocycles. The summed E-state index contributed by atoms with van der Waals surface area (Å²) >= 11 is 1.74. The quantitative estimate of drug-likeness (QED) is 0.935. The Hall–Kier alpha value is -1.79. The van der Waals surface area contributed by atoms with Gasteiger partial charge in [0.15, 0.2) is 11.9 Å². The molecule has 0 fully saturated rings. The Labute approximate surface area is 121 Å². The predicted molar refractivity (Wildman–Crippen MR) is 77.7 cm³/mol. The lowest BCUT2D eigenvalue weighted by Crippen LogP contribution is -2.19. The predicted octanol–water partition coefficient (Wildman–Crippen LogP) is 2.43. The molecule has 6 heteroatoms. The molecule has 1 atom stereocenters. The standard InChI is InChI=1S/C14H15N3O2S/c1-18-7-9-6-13(15)17-14(16-9)11-8-20-12-5-3-2-4-10(12)19-11/h2-6,11H,7-8H2,1H3,(H2,15,16,17). The summed E-state index contributed by atoms with van der Waals surface area (Å²) in [4.78, 5) is 9.89. The molecule has 1 aromatic heterocycles. The van der Waals surface area contributed by atoms with Crippen LogP contribution in [-0.2, 0) is 11.3 Å². The van der Waals surface area contributed by atoms with Gasteiger partial charge in [-0.3, -0.25) is 0 Å². The van der Waals surface area contributed by atoms with Crippen LogP contribution in [0.3, 0.4) is 0 Å². The number of thioether (sulfide) groups is 1. The van der Waals surface area contributed by atoms with Crippen molar-refractivity contribution in [2.75, 3.05) is 18.6 Å². The van der Waals surface area contributed by atoms with Gasteiger partial charge in [-0.2, -0.15) is 0 Å². The van der Waals surface area contributed by atoms with E-state index >= 15 is 0 Å². The van der Waals surface area contributed by atoms with Gasteiger partial charge < -0.3 is 15.2 Å². The fraction of sp³-hybridized carbons (Fsp3) is 0.286. The molecular weight excluding hydrogens is 274 g/mol. The van der Waals surface area contributed by atoms with Gasteiger partial charge in [-0.15, -0.1) is 11.8 Å². The Balaban J connectivity index is 1.87. The van der Waals surface area contributed by atoms with Crippen LogP contribution in [0, 0.1) is 0 Å². The van der Waals surface area contributed by atoms with Gasteiger partial charge in [-0.25, -0.2) is 9.97 Å². The SMILES string of the molecule is COCc1cc(N)nc(C2CSc3ccccc3O2)n1. The number of ether oxygens (including phenoxy) is 2. The highest BCUT2D eigenvalue weighted by atomic mass is 32.2. The number of nitrogens with zero attached hydrogens (tertiary/aromatic N) is 2. The lowest BCUT2D eigenvalue weighted by Gasteiger charge is -2.24. The van der Waals surface area contributed by atoms with Gasteiger partial charge in [0, 0.05) is 23.8 Å². The highest BCUT2D eigenvalue weighted by Gasteiger charge is 2.24. The highest BCUT2D eigenvalue weighted by molar-refractivity contribution is 7.99. The van der Waals surface area contributed by atoms with Crippen LogP contribution in [0.15, 0.2) is 35.2 Å². The molecule has 20 heavy (non-hydrogen) atoms. The summed E-state index contributed by atoms with van der Waals surface area (Å²) in [5.41, 5.74) is 6.59. The second-order valence-electron chi connectivity index (χ2n) is 4.44. The molecule has 3 rings (SSSR count). The third-order valence-electron chi connectivity index (χ3n) is 2.91. The Morgan fingerprint density at radius 2 is 2.25 bits per heavy atom. The molecule has 0 bridgehead atoms. The summed E-state index contributed by atoms with van der Waals surface area (Å²) in [6.07, 6.45) is -0.186. The van der Waals surface area contributed by atoms with Gasteiger partial charge in [-0.1, -0.05) is 12.1 Å². The average molecular weight is 289 g/mol. The largest absolute Gasteiger partial charge is 0.480 e. The van der Waals surface area contributed by atoms with Crippen molar-refractivity contribution in [1.29, 1.82) is 0 Å². The van der Waals surface area contributed by atoms with E-state index in [4.69, 9.17) is 15.2 Å². The number of fused-ring (bicyclic) bond motifs is 1. The summed E-state index contributed by atoms with van der Waals surface area (Å²) < 4.78 is 11.1. The number of rotatable bonds is 3. The van der Waals surface area contributed by atoms with E-state index in [9.17, 15) is 0 Å². The Morgan fingerprint density at radius 1 is 1.40 bits per heavy atom. The zero-order chi connectivity index (χ0) is 13.9. The van der Waals surface area contributed by atoms with E-state index in [1.807, 2.05) is 24.3 Å². The molecule has 1 aliphatic heterocycles. The fourth-order valence-electron chi connectivity index (χ4n) is 2.05. The van der Waals surface area contributed by atoms with Crippen LogP contribution in [0.4, 0.5) is 5.82 Å². The van der Waals surface area contributed by atoms with E-state index in [0.717, 1.165) is 22.1 Å². The number of hydrogen-bond acceptors (Lipinski definition) is 6. The van der Waals surface area contributed by atoms with Crippen molar-refractivity contribution in [3.05, 3.63) is 41.9 Å². The average Bonchev–Trinajstić information content (AvgIpc) is 2.46. The maximum Gasteiger partial charge on any atom is 0.172 e. The number of nitrogen functional groups attached to an aromatic ring is 1. The van der Waals surface area contributed by atoms with E-state index in [1.165, 1.54) is 0 Å². The molecule has 0 spiro atoms. The zero-order valence-electron chi connectivity index (χ0n) is 11.1. The van der Waals surface area contributed by atoms with Crippen molar-refractivity contribution in [2.45, 2.75) is 17.6 Å². The molecule has 2 N–H and O–H groups in total. The number of hydrogen-bond donors (Lipinski definition) is 1. The minimum absolute atomic E-state index is 0.186. The minimum Gasteiger partial charge on any atom is -0.480 e. The molecule has 0 saturated heterocycles. The fourth-order valence-corrected chi connectivity index (χ4v) is 3.03. The first-order chi connectivity index (χ1) is 9.76. The van der Waals surface area contributed by atoms with Crippen molar-refractivity contribution in [2.24, 2.45) is 0 Å². The van der Waals surface area contributed by atoms with Crippen LogP contribution < -0.4 is 10.5 Å². The first-order valence-electron chi connectivity index (χ1n) is 6.27. The van der Waals surface area contributed by atoms with Crippen molar-refractivity contribution in [3.63, 3.8) is 0 Å². The topological polar surface area (TPSA) is 70.3 Å². The first-order valence-corrected chi connectivity index (χ1v) is 7.25. The smallest absolute Gasteiger partial charge is 0.172 e. The molecule has 0 radical (unpaired) electrons. The van der Waals surface area contributed by atoms with Crippen LogP contribution in [0.5, 0.6) is 5.75 Å². The zero-order valence-corrected chi connectivity index (χ0v) is 11.9. The van der Waals surface area contributed by atoms with Gasteiger partial charge in [0.1, 0.15) is 11.6 Å². The van der Waals surface area contributed by atoms with Gasteiger partial charge in [0.05, 0.1) is 12.3 Å². The van der Waals surface area contributed by atoms with Crippen LogP contribution >= 0.6 is 11.8 Å². The van der Waals surface area contributed by atoms with Gasteiger partial charge in [0.25, 0.3) is 0 Å². The van der Waals surface area contributed by atoms with Crippen LogP contribution in [-0.4, -0.2) is 22.8 Å². The van der Waals surface area contributed by atoms with Crippen molar-refractivity contribution < 1.29 is 9.47 Å². The normalized spacial score (nSPS) is 17.4. The molecule has 104 valence electrons. The molecule has 1 unspecified atom stereocenters. The number of anilines is 1. The van der Waals surface area contributed by atoms with Crippen LogP contribution in [0.2, 0.25) is 0 Å². The summed E-state index contributed by atoms with van der Waals surface area (Å²) in [5.74, 6) is 2.69. The maximum atomic E-state index is 5.96. The third-order valence-corrected chi connectivity index (χ3v) is 4.02. The van der Waals surface area contributed by atoms with Gasteiger partial charge in [-0.05, 0) is 12.1 Å². The minimum atomic E-state index is -0.186. The highest BCUT2D eigenvalue weighted by Crippen LogP contribution is 2.39. The van der Waals surface area contributed by atoms with Gasteiger partial charge in [0.2, 0.25) is 0 Å². The number of benzene rings is 1. The lowest BCUT2D eigenvalue weighted by molar-refractivity contribution is 0.178. The summed E-state index contributed by atoms with van der Waals surface area (Å²) in [5, 5.41) is 0. The molecule has 5 nitrogen and oxygen atoms in total. The van der Waals surface area contributed by atoms with Crippen molar-refractivity contribution >= 4 is 17.6 Å². The summed E-state index contributed by atoms with van der Waals surface area (Å²) in [6, 6.07) is 9.68. The number of methoxy groups -OCH3 is 1. The molecule has 0 amide bonds.